The number of amides is 2. The number of nitrogens with zero attached hydrogens (tertiary/aromatic N) is 1. The zero-order chi connectivity index (χ0) is 15.0. The van der Waals surface area contributed by atoms with Crippen LogP contribution in [0.4, 0.5) is 8.78 Å². The maximum atomic E-state index is 13.6. The maximum absolute atomic E-state index is 13.6. The summed E-state index contributed by atoms with van der Waals surface area (Å²) in [6.07, 6.45) is -1.45. The van der Waals surface area contributed by atoms with Crippen molar-refractivity contribution in [3.05, 3.63) is 35.4 Å². The van der Waals surface area contributed by atoms with Gasteiger partial charge < -0.3 is 5.11 Å². The number of carbonyl (C=O) groups is 2. The van der Waals surface area contributed by atoms with Gasteiger partial charge in [-0.2, -0.15) is 0 Å². The summed E-state index contributed by atoms with van der Waals surface area (Å²) in [6, 6.07) is 3.42. The number of aliphatic hydroxyl groups is 1. The fourth-order valence-corrected chi connectivity index (χ4v) is 2.26. The minimum absolute atomic E-state index is 0.266. The molecule has 0 bridgehead atoms. The summed E-state index contributed by atoms with van der Waals surface area (Å²) in [5, 5.41) is 9.94. The SMILES string of the molecule is CC1C(=O)N(CC(O)c2cccc(F)c2F)C(=O)C1C. The van der Waals surface area contributed by atoms with Gasteiger partial charge in [-0.05, 0) is 6.07 Å². The fourth-order valence-electron chi connectivity index (χ4n) is 2.26. The second-order valence-electron chi connectivity index (χ2n) is 5.02. The molecule has 1 aromatic carbocycles. The molecule has 0 radical (unpaired) electrons. The van der Waals surface area contributed by atoms with E-state index in [1.807, 2.05) is 0 Å². The second-order valence-corrected chi connectivity index (χ2v) is 5.02. The van der Waals surface area contributed by atoms with Crippen LogP contribution in [0.25, 0.3) is 0 Å². The topological polar surface area (TPSA) is 57.6 Å². The number of carbonyl (C=O) groups excluding carboxylic acids is 2. The van der Waals surface area contributed by atoms with Crippen molar-refractivity contribution in [3.8, 4) is 0 Å². The van der Waals surface area contributed by atoms with Crippen LogP contribution in [-0.2, 0) is 9.59 Å². The van der Waals surface area contributed by atoms with Crippen molar-refractivity contribution in [1.29, 1.82) is 0 Å². The van der Waals surface area contributed by atoms with Crippen LogP contribution in [0.1, 0.15) is 25.5 Å². The Morgan fingerprint density at radius 2 is 1.75 bits per heavy atom. The number of imide groups is 1. The van der Waals surface area contributed by atoms with E-state index < -0.39 is 41.4 Å². The molecule has 1 fully saturated rings. The average molecular weight is 283 g/mol. The summed E-state index contributed by atoms with van der Waals surface area (Å²) in [4.78, 5) is 24.6. The highest BCUT2D eigenvalue weighted by Crippen LogP contribution is 2.28. The predicted octanol–water partition coefficient (Wildman–Crippen LogP) is 1.64. The van der Waals surface area contributed by atoms with Crippen LogP contribution in [0, 0.1) is 23.5 Å². The van der Waals surface area contributed by atoms with Crippen LogP contribution in [0.15, 0.2) is 18.2 Å². The molecular formula is C14H15F2NO3. The normalized spacial score (nSPS) is 24.4. The molecule has 1 aliphatic heterocycles. The van der Waals surface area contributed by atoms with E-state index in [2.05, 4.69) is 0 Å². The number of aliphatic hydroxyl groups excluding tert-OH is 1. The summed E-state index contributed by atoms with van der Waals surface area (Å²) in [7, 11) is 0. The monoisotopic (exact) mass is 283 g/mol. The van der Waals surface area contributed by atoms with Crippen molar-refractivity contribution >= 4 is 11.8 Å². The van der Waals surface area contributed by atoms with Gasteiger partial charge in [0.25, 0.3) is 0 Å². The highest BCUT2D eigenvalue weighted by Gasteiger charge is 2.43. The fraction of sp³-hybridized carbons (Fsp3) is 0.429. The van der Waals surface area contributed by atoms with E-state index >= 15 is 0 Å². The van der Waals surface area contributed by atoms with E-state index in [0.29, 0.717) is 0 Å². The molecule has 0 spiro atoms. The Balaban J connectivity index is 2.20. The Kier molecular flexibility index (Phi) is 3.85. The molecule has 20 heavy (non-hydrogen) atoms. The summed E-state index contributed by atoms with van der Waals surface area (Å²) in [6.45, 7) is 2.88. The van der Waals surface area contributed by atoms with Crippen LogP contribution < -0.4 is 0 Å². The quantitative estimate of drug-likeness (QED) is 0.858. The van der Waals surface area contributed by atoms with E-state index in [9.17, 15) is 23.5 Å². The number of hydrogen-bond donors (Lipinski definition) is 1. The third-order valence-electron chi connectivity index (χ3n) is 3.76. The molecular weight excluding hydrogens is 268 g/mol. The van der Waals surface area contributed by atoms with Crippen LogP contribution in [0.3, 0.4) is 0 Å². The lowest BCUT2D eigenvalue weighted by Gasteiger charge is -2.19. The highest BCUT2D eigenvalue weighted by atomic mass is 19.2. The molecule has 0 aliphatic carbocycles. The molecule has 2 amide bonds. The summed E-state index contributed by atoms with van der Waals surface area (Å²) in [5.74, 6) is -3.99. The average Bonchev–Trinajstić information content (AvgIpc) is 2.59. The highest BCUT2D eigenvalue weighted by molar-refractivity contribution is 6.04. The van der Waals surface area contributed by atoms with Crippen molar-refractivity contribution in [1.82, 2.24) is 4.90 Å². The third kappa shape index (κ3) is 2.31. The minimum Gasteiger partial charge on any atom is -0.386 e. The Bertz CT molecular complexity index is 541. The van der Waals surface area contributed by atoms with Crippen molar-refractivity contribution in [2.24, 2.45) is 11.8 Å². The summed E-state index contributed by atoms with van der Waals surface area (Å²) in [5.41, 5.74) is -0.266. The van der Waals surface area contributed by atoms with Gasteiger partial charge in [0.05, 0.1) is 12.6 Å². The summed E-state index contributed by atoms with van der Waals surface area (Å²) < 4.78 is 26.6. The smallest absolute Gasteiger partial charge is 0.232 e. The molecule has 108 valence electrons. The van der Waals surface area contributed by atoms with Gasteiger partial charge in [-0.15, -0.1) is 0 Å². The van der Waals surface area contributed by atoms with Crippen molar-refractivity contribution < 1.29 is 23.5 Å². The first kappa shape index (κ1) is 14.6. The van der Waals surface area contributed by atoms with E-state index in [-0.39, 0.29) is 12.1 Å². The first-order valence-electron chi connectivity index (χ1n) is 6.31. The van der Waals surface area contributed by atoms with E-state index in [1.165, 1.54) is 12.1 Å². The molecule has 2 rings (SSSR count). The van der Waals surface area contributed by atoms with Gasteiger partial charge in [0.2, 0.25) is 11.8 Å². The number of benzene rings is 1. The Hall–Kier alpha value is -1.82. The molecule has 0 saturated carbocycles. The zero-order valence-corrected chi connectivity index (χ0v) is 11.1. The first-order valence-corrected chi connectivity index (χ1v) is 6.31. The van der Waals surface area contributed by atoms with Crippen molar-refractivity contribution in [2.45, 2.75) is 20.0 Å². The number of hydrogen-bond acceptors (Lipinski definition) is 3. The second kappa shape index (κ2) is 5.28. The van der Waals surface area contributed by atoms with Crippen LogP contribution in [-0.4, -0.2) is 28.4 Å². The van der Waals surface area contributed by atoms with Crippen LogP contribution >= 0.6 is 0 Å². The number of halogens is 2. The largest absolute Gasteiger partial charge is 0.386 e. The molecule has 1 saturated heterocycles. The van der Waals surface area contributed by atoms with Gasteiger partial charge in [-0.1, -0.05) is 26.0 Å². The lowest BCUT2D eigenvalue weighted by atomic mass is 10.00. The number of rotatable bonds is 3. The molecule has 6 heteroatoms. The third-order valence-corrected chi connectivity index (χ3v) is 3.76. The Morgan fingerprint density at radius 1 is 1.20 bits per heavy atom. The molecule has 1 N–H and O–H groups in total. The van der Waals surface area contributed by atoms with Crippen molar-refractivity contribution in [2.75, 3.05) is 6.54 Å². The zero-order valence-electron chi connectivity index (χ0n) is 11.1. The molecule has 1 heterocycles. The summed E-state index contributed by atoms with van der Waals surface area (Å²) >= 11 is 0. The van der Waals surface area contributed by atoms with Gasteiger partial charge in [0, 0.05) is 17.4 Å². The number of β-amino-alcohol motifs (C(OH)–C–C–N with tert-alkyl or cyclic N) is 1. The molecule has 3 unspecified atom stereocenters. The molecule has 1 aromatic rings. The maximum Gasteiger partial charge on any atom is 0.232 e. The van der Waals surface area contributed by atoms with Crippen molar-refractivity contribution in [3.63, 3.8) is 0 Å². The number of likely N-dealkylation sites (tertiary alicyclic amines) is 1. The molecule has 3 atom stereocenters. The van der Waals surface area contributed by atoms with Gasteiger partial charge in [-0.25, -0.2) is 8.78 Å². The Labute approximate surface area is 115 Å². The van der Waals surface area contributed by atoms with E-state index in [0.717, 1.165) is 11.0 Å². The lowest BCUT2D eigenvalue weighted by molar-refractivity contribution is -0.141. The first-order chi connectivity index (χ1) is 9.34. The van der Waals surface area contributed by atoms with Gasteiger partial charge in [-0.3, -0.25) is 14.5 Å². The van der Waals surface area contributed by atoms with Gasteiger partial charge in [0.1, 0.15) is 0 Å². The van der Waals surface area contributed by atoms with Crippen LogP contribution in [0.5, 0.6) is 0 Å². The predicted molar refractivity (Wildman–Crippen MR) is 66.4 cm³/mol. The lowest BCUT2D eigenvalue weighted by Crippen LogP contribution is -2.35. The van der Waals surface area contributed by atoms with Gasteiger partial charge >= 0.3 is 0 Å². The van der Waals surface area contributed by atoms with E-state index in [1.54, 1.807) is 13.8 Å². The molecule has 4 nitrogen and oxygen atoms in total. The van der Waals surface area contributed by atoms with Gasteiger partial charge in [0.15, 0.2) is 11.6 Å². The van der Waals surface area contributed by atoms with Crippen LogP contribution in [0.2, 0.25) is 0 Å². The molecule has 1 aliphatic rings. The Morgan fingerprint density at radius 3 is 2.30 bits per heavy atom. The van der Waals surface area contributed by atoms with E-state index in [4.69, 9.17) is 0 Å². The standard InChI is InChI=1S/C14H15F2NO3/c1-7-8(2)14(20)17(13(7)19)6-11(18)9-4-3-5-10(15)12(9)16/h3-5,7-8,11,18H,6H2,1-2H3. The minimum atomic E-state index is -1.45. The molecule has 0 aromatic heterocycles.